The Morgan fingerprint density at radius 3 is 3.00 bits per heavy atom. The molecular weight excluding hydrogens is 382 g/mol. The van der Waals surface area contributed by atoms with E-state index >= 15 is 0 Å². The molecule has 2 saturated heterocycles. The summed E-state index contributed by atoms with van der Waals surface area (Å²) in [7, 11) is 0. The second-order valence-corrected chi connectivity index (χ2v) is 9.43. The molecule has 8 heteroatoms. The molecule has 5 rings (SSSR count). The number of thiophene rings is 1. The smallest absolute Gasteiger partial charge is 0.140 e. The van der Waals surface area contributed by atoms with E-state index in [1.54, 1.807) is 17.7 Å². The number of rotatable bonds is 6. The molecule has 0 amide bonds. The van der Waals surface area contributed by atoms with Crippen molar-refractivity contribution in [1.29, 1.82) is 5.26 Å². The summed E-state index contributed by atoms with van der Waals surface area (Å²) in [5.41, 5.74) is 1.62. The SMILES string of the molecule is CCc1cc2c(N3CCC4(CN(Cc5cnn(CCC#N)c5)C4)C3)ncnc2s1. The van der Waals surface area contributed by atoms with Crippen LogP contribution in [-0.2, 0) is 19.5 Å². The van der Waals surface area contributed by atoms with Crippen LogP contribution in [0.25, 0.3) is 10.2 Å². The van der Waals surface area contributed by atoms with Gasteiger partial charge in [-0.3, -0.25) is 9.58 Å². The van der Waals surface area contributed by atoms with Gasteiger partial charge < -0.3 is 4.90 Å². The summed E-state index contributed by atoms with van der Waals surface area (Å²) in [6.45, 7) is 8.22. The van der Waals surface area contributed by atoms with Crippen LogP contribution >= 0.6 is 11.3 Å². The molecule has 0 unspecified atom stereocenters. The van der Waals surface area contributed by atoms with E-state index in [-0.39, 0.29) is 0 Å². The van der Waals surface area contributed by atoms with Crippen LogP contribution in [0.5, 0.6) is 0 Å². The third-order valence-electron chi connectivity index (χ3n) is 6.11. The number of hydrogen-bond acceptors (Lipinski definition) is 7. The van der Waals surface area contributed by atoms with Gasteiger partial charge in [0.25, 0.3) is 0 Å². The molecule has 0 aromatic carbocycles. The summed E-state index contributed by atoms with van der Waals surface area (Å²) in [5, 5.41) is 14.3. The normalized spacial score (nSPS) is 18.4. The van der Waals surface area contributed by atoms with Crippen LogP contribution in [0, 0.1) is 16.7 Å². The molecular formula is C21H25N7S. The van der Waals surface area contributed by atoms with Crippen molar-refractivity contribution in [3.8, 4) is 6.07 Å². The minimum absolute atomic E-state index is 0.387. The second kappa shape index (κ2) is 7.39. The molecule has 0 atom stereocenters. The Labute approximate surface area is 174 Å². The Bertz CT molecular complexity index is 1060. The Kier molecular flexibility index (Phi) is 4.72. The van der Waals surface area contributed by atoms with Gasteiger partial charge in [-0.2, -0.15) is 10.4 Å². The van der Waals surface area contributed by atoms with Crippen LogP contribution < -0.4 is 4.90 Å². The fourth-order valence-corrected chi connectivity index (χ4v) is 5.67. The van der Waals surface area contributed by atoms with E-state index in [1.807, 2.05) is 10.9 Å². The molecule has 29 heavy (non-hydrogen) atoms. The fourth-order valence-electron chi connectivity index (χ4n) is 4.74. The Hall–Kier alpha value is -2.50. The monoisotopic (exact) mass is 407 g/mol. The van der Waals surface area contributed by atoms with Gasteiger partial charge in [0.15, 0.2) is 0 Å². The number of likely N-dealkylation sites (tertiary alicyclic amines) is 1. The highest BCUT2D eigenvalue weighted by atomic mass is 32.1. The average Bonchev–Trinajstić information content (AvgIpc) is 3.43. The first-order valence-electron chi connectivity index (χ1n) is 10.3. The number of aryl methyl sites for hydroxylation is 2. The van der Waals surface area contributed by atoms with Gasteiger partial charge in [-0.25, -0.2) is 9.97 Å². The van der Waals surface area contributed by atoms with Crippen LogP contribution in [0.3, 0.4) is 0 Å². The summed E-state index contributed by atoms with van der Waals surface area (Å²) in [4.78, 5) is 16.6. The highest BCUT2D eigenvalue weighted by Gasteiger charge is 2.47. The van der Waals surface area contributed by atoms with Crippen LogP contribution in [0.2, 0.25) is 0 Å². The predicted molar refractivity (Wildman–Crippen MR) is 114 cm³/mol. The molecule has 2 aliphatic rings. The van der Waals surface area contributed by atoms with Gasteiger partial charge >= 0.3 is 0 Å². The Morgan fingerprint density at radius 2 is 2.17 bits per heavy atom. The lowest BCUT2D eigenvalue weighted by molar-refractivity contribution is 0.0117. The minimum Gasteiger partial charge on any atom is -0.355 e. The number of aromatic nitrogens is 4. The van der Waals surface area contributed by atoms with E-state index in [0.29, 0.717) is 18.4 Å². The quantitative estimate of drug-likeness (QED) is 0.625. The van der Waals surface area contributed by atoms with Gasteiger partial charge in [0.2, 0.25) is 0 Å². The topological polar surface area (TPSA) is 73.9 Å². The van der Waals surface area contributed by atoms with Gasteiger partial charge in [-0.05, 0) is 18.9 Å². The maximum absolute atomic E-state index is 8.71. The highest BCUT2D eigenvalue weighted by molar-refractivity contribution is 7.18. The van der Waals surface area contributed by atoms with Crippen LogP contribution in [0.1, 0.15) is 30.2 Å². The molecule has 7 nitrogen and oxygen atoms in total. The molecule has 2 fully saturated rings. The third kappa shape index (κ3) is 3.49. The first kappa shape index (κ1) is 18.5. The molecule has 0 aliphatic carbocycles. The van der Waals surface area contributed by atoms with Crippen LogP contribution in [0.15, 0.2) is 24.8 Å². The van der Waals surface area contributed by atoms with Crippen molar-refractivity contribution in [2.45, 2.75) is 39.3 Å². The van der Waals surface area contributed by atoms with E-state index in [1.165, 1.54) is 22.2 Å². The van der Waals surface area contributed by atoms with Crippen molar-refractivity contribution in [2.24, 2.45) is 5.41 Å². The van der Waals surface area contributed by atoms with Crippen LogP contribution in [0.4, 0.5) is 5.82 Å². The fraction of sp³-hybridized carbons (Fsp3) is 0.524. The summed E-state index contributed by atoms with van der Waals surface area (Å²) in [6, 6.07) is 4.45. The van der Waals surface area contributed by atoms with Crippen LogP contribution in [-0.4, -0.2) is 50.8 Å². The van der Waals surface area contributed by atoms with E-state index in [0.717, 1.165) is 49.8 Å². The summed E-state index contributed by atoms with van der Waals surface area (Å²) in [5.74, 6) is 1.11. The first-order valence-corrected chi connectivity index (χ1v) is 11.1. The number of fused-ring (bicyclic) bond motifs is 1. The molecule has 1 spiro atoms. The minimum atomic E-state index is 0.387. The van der Waals surface area contributed by atoms with Crippen molar-refractivity contribution < 1.29 is 0 Å². The number of hydrogen-bond donors (Lipinski definition) is 0. The average molecular weight is 408 g/mol. The van der Waals surface area contributed by atoms with E-state index in [2.05, 4.69) is 50.1 Å². The van der Waals surface area contributed by atoms with Gasteiger partial charge in [0.1, 0.15) is 17.0 Å². The van der Waals surface area contributed by atoms with Crippen molar-refractivity contribution in [2.75, 3.05) is 31.1 Å². The van der Waals surface area contributed by atoms with Gasteiger partial charge in [-0.15, -0.1) is 11.3 Å². The largest absolute Gasteiger partial charge is 0.355 e. The standard InChI is InChI=1S/C21H25N7S/c1-2-17-8-18-19(23-15-24-20(18)29-17)27-7-4-21(14-27)12-26(13-21)10-16-9-25-28(11-16)6-3-5-22/h8-9,11,15H,2-4,6-7,10,12-14H2,1H3. The zero-order chi connectivity index (χ0) is 19.8. The zero-order valence-corrected chi connectivity index (χ0v) is 17.5. The molecule has 0 N–H and O–H groups in total. The number of anilines is 1. The van der Waals surface area contributed by atoms with Crippen molar-refractivity contribution in [3.63, 3.8) is 0 Å². The maximum Gasteiger partial charge on any atom is 0.140 e. The molecule has 150 valence electrons. The molecule has 3 aromatic rings. The molecule has 0 saturated carbocycles. The lowest BCUT2D eigenvalue weighted by atomic mass is 9.79. The summed E-state index contributed by atoms with van der Waals surface area (Å²) >= 11 is 1.79. The maximum atomic E-state index is 8.71. The molecule has 3 aromatic heterocycles. The molecule has 5 heterocycles. The van der Waals surface area contributed by atoms with Gasteiger partial charge in [0, 0.05) is 54.8 Å². The van der Waals surface area contributed by atoms with Crippen molar-refractivity contribution >= 4 is 27.4 Å². The van der Waals surface area contributed by atoms with E-state index in [4.69, 9.17) is 5.26 Å². The van der Waals surface area contributed by atoms with Crippen molar-refractivity contribution in [1.82, 2.24) is 24.6 Å². The van der Waals surface area contributed by atoms with E-state index < -0.39 is 0 Å². The first-order chi connectivity index (χ1) is 14.2. The number of nitriles is 1. The number of nitrogens with zero attached hydrogens (tertiary/aromatic N) is 7. The lowest BCUT2D eigenvalue weighted by Crippen LogP contribution is -2.56. The van der Waals surface area contributed by atoms with Crippen molar-refractivity contribution in [3.05, 3.63) is 35.2 Å². The molecule has 0 bridgehead atoms. The highest BCUT2D eigenvalue weighted by Crippen LogP contribution is 2.43. The summed E-state index contributed by atoms with van der Waals surface area (Å²) in [6.07, 6.45) is 8.50. The molecule has 2 aliphatic heterocycles. The lowest BCUT2D eigenvalue weighted by Gasteiger charge is -2.48. The third-order valence-corrected chi connectivity index (χ3v) is 7.30. The Morgan fingerprint density at radius 1 is 1.28 bits per heavy atom. The summed E-state index contributed by atoms with van der Waals surface area (Å²) < 4.78 is 1.87. The zero-order valence-electron chi connectivity index (χ0n) is 16.7. The predicted octanol–water partition coefficient (Wildman–Crippen LogP) is 3.08. The van der Waals surface area contributed by atoms with Gasteiger partial charge in [-0.1, -0.05) is 6.92 Å². The molecule has 0 radical (unpaired) electrons. The second-order valence-electron chi connectivity index (χ2n) is 8.32. The van der Waals surface area contributed by atoms with Gasteiger partial charge in [0.05, 0.1) is 30.6 Å². The Balaban J connectivity index is 1.22. The van der Waals surface area contributed by atoms with E-state index in [9.17, 15) is 0 Å².